The Bertz CT molecular complexity index is 1390. The minimum atomic E-state index is -4.07. The van der Waals surface area contributed by atoms with Crippen LogP contribution in [0.2, 0.25) is 5.02 Å². The Morgan fingerprint density at radius 3 is 2.56 bits per heavy atom. The van der Waals surface area contributed by atoms with E-state index in [4.69, 9.17) is 30.0 Å². The normalized spacial score (nSPS) is 18.6. The molecule has 0 saturated heterocycles. The summed E-state index contributed by atoms with van der Waals surface area (Å²) in [7, 11) is -2.56. The summed E-state index contributed by atoms with van der Waals surface area (Å²) in [5.74, 6) is 2.20. The molecule has 3 heterocycles. The van der Waals surface area contributed by atoms with Gasteiger partial charge in [-0.15, -0.1) is 0 Å². The van der Waals surface area contributed by atoms with Crippen LogP contribution in [0.25, 0.3) is 0 Å². The molecule has 7 nitrogen and oxygen atoms in total. The lowest BCUT2D eigenvalue weighted by molar-refractivity contribution is 0.159. The van der Waals surface area contributed by atoms with Gasteiger partial charge in [-0.1, -0.05) is 17.7 Å². The molecule has 0 radical (unpaired) electrons. The van der Waals surface area contributed by atoms with Crippen molar-refractivity contribution in [1.29, 1.82) is 0 Å². The number of benzene rings is 3. The van der Waals surface area contributed by atoms with Crippen LogP contribution < -0.4 is 18.4 Å². The van der Waals surface area contributed by atoms with Gasteiger partial charge in [0.15, 0.2) is 23.0 Å². The molecule has 1 atom stereocenters. The number of fused-ring (bicyclic) bond motifs is 5. The van der Waals surface area contributed by atoms with Crippen molar-refractivity contribution in [2.75, 3.05) is 20.4 Å². The van der Waals surface area contributed by atoms with Crippen LogP contribution in [0.15, 0.2) is 53.4 Å². The molecule has 0 fully saturated rings. The fraction of sp³-hybridized carbons (Fsp3) is 0.280. The van der Waals surface area contributed by atoms with Crippen molar-refractivity contribution < 1.29 is 26.8 Å². The first-order chi connectivity index (χ1) is 16.4. The maximum absolute atomic E-state index is 13.1. The number of rotatable bonds is 4. The maximum Gasteiger partial charge on any atom is 0.339 e. The molecule has 0 N–H and O–H groups in total. The highest BCUT2D eigenvalue weighted by molar-refractivity contribution is 7.87. The Kier molecular flexibility index (Phi) is 5.13. The van der Waals surface area contributed by atoms with Gasteiger partial charge in [-0.05, 0) is 72.0 Å². The number of ether oxygens (including phenoxy) is 3. The highest BCUT2D eigenvalue weighted by Gasteiger charge is 2.36. The van der Waals surface area contributed by atoms with E-state index in [9.17, 15) is 8.42 Å². The predicted molar refractivity (Wildman–Crippen MR) is 125 cm³/mol. The molecule has 9 heteroatoms. The van der Waals surface area contributed by atoms with Gasteiger partial charge in [0.05, 0.1) is 7.11 Å². The third-order valence-electron chi connectivity index (χ3n) is 6.71. The van der Waals surface area contributed by atoms with Crippen LogP contribution in [-0.2, 0) is 29.5 Å². The van der Waals surface area contributed by atoms with Gasteiger partial charge in [0.2, 0.25) is 6.79 Å². The van der Waals surface area contributed by atoms with E-state index in [1.165, 1.54) is 42.5 Å². The second-order valence-corrected chi connectivity index (χ2v) is 10.6. The second-order valence-electron chi connectivity index (χ2n) is 8.57. The highest BCUT2D eigenvalue weighted by atomic mass is 35.5. The molecule has 3 aliphatic heterocycles. The van der Waals surface area contributed by atoms with Gasteiger partial charge < -0.3 is 18.4 Å². The third kappa shape index (κ3) is 3.57. The van der Waals surface area contributed by atoms with Crippen molar-refractivity contribution in [2.45, 2.75) is 30.3 Å². The third-order valence-corrected chi connectivity index (χ3v) is 8.20. The largest absolute Gasteiger partial charge is 0.493 e. The van der Waals surface area contributed by atoms with Crippen LogP contribution in [-0.4, -0.2) is 33.8 Å². The molecule has 176 valence electrons. The fourth-order valence-electron chi connectivity index (χ4n) is 5.01. The van der Waals surface area contributed by atoms with Crippen molar-refractivity contribution in [3.05, 3.63) is 75.8 Å². The van der Waals surface area contributed by atoms with E-state index in [0.29, 0.717) is 17.3 Å². The molecule has 3 aromatic rings. The molecule has 0 saturated carbocycles. The average molecular weight is 500 g/mol. The summed E-state index contributed by atoms with van der Waals surface area (Å²) in [4.78, 5) is 2.39. The maximum atomic E-state index is 13.1. The predicted octanol–water partition coefficient (Wildman–Crippen LogP) is 4.50. The lowest BCUT2D eigenvalue weighted by atomic mass is 9.83. The van der Waals surface area contributed by atoms with E-state index in [0.717, 1.165) is 42.0 Å². The molecule has 34 heavy (non-hydrogen) atoms. The molecule has 0 aliphatic carbocycles. The number of methoxy groups -OCH3 is 1. The number of halogens is 1. The van der Waals surface area contributed by atoms with Gasteiger partial charge >= 0.3 is 10.1 Å². The minimum Gasteiger partial charge on any atom is -0.493 e. The summed E-state index contributed by atoms with van der Waals surface area (Å²) in [6.45, 7) is 1.64. The van der Waals surface area contributed by atoms with Crippen molar-refractivity contribution in [3.63, 3.8) is 0 Å². The van der Waals surface area contributed by atoms with Crippen LogP contribution in [0.5, 0.6) is 23.0 Å². The molecule has 3 aliphatic rings. The van der Waals surface area contributed by atoms with Crippen LogP contribution >= 0.6 is 11.6 Å². The zero-order chi connectivity index (χ0) is 23.4. The molecular weight excluding hydrogens is 478 g/mol. The zero-order valence-corrected chi connectivity index (χ0v) is 20.0. The van der Waals surface area contributed by atoms with Crippen molar-refractivity contribution >= 4 is 21.7 Å². The number of nitrogens with zero attached hydrogens (tertiary/aromatic N) is 1. The second kappa shape index (κ2) is 8.08. The fourth-order valence-corrected chi connectivity index (χ4v) is 6.10. The van der Waals surface area contributed by atoms with Gasteiger partial charge in [0, 0.05) is 29.7 Å². The quantitative estimate of drug-likeness (QED) is 0.489. The molecule has 0 spiro atoms. The minimum absolute atomic E-state index is 0.0354. The van der Waals surface area contributed by atoms with E-state index in [-0.39, 0.29) is 23.5 Å². The molecular formula is C25H22ClNO6S. The molecule has 3 aromatic carbocycles. The Morgan fingerprint density at radius 1 is 1.03 bits per heavy atom. The summed E-state index contributed by atoms with van der Waals surface area (Å²) in [6.07, 6.45) is 1.60. The van der Waals surface area contributed by atoms with E-state index >= 15 is 0 Å². The molecule has 6 rings (SSSR count). The molecule has 0 bridgehead atoms. The first kappa shape index (κ1) is 21.6. The summed E-state index contributed by atoms with van der Waals surface area (Å²) < 4.78 is 48.5. The Labute approximate surface area is 202 Å². The van der Waals surface area contributed by atoms with Gasteiger partial charge in [-0.3, -0.25) is 4.90 Å². The SMILES string of the molecule is COc1ccc2c(c1OS(=O)(=O)c1ccc(Cl)cc1)CN1CCc3cc4c(cc3C1C2)OCO4. The van der Waals surface area contributed by atoms with Crippen LogP contribution in [0.1, 0.15) is 28.3 Å². The van der Waals surface area contributed by atoms with Crippen molar-refractivity contribution in [3.8, 4) is 23.0 Å². The van der Waals surface area contributed by atoms with Crippen LogP contribution in [0.4, 0.5) is 0 Å². The van der Waals surface area contributed by atoms with Crippen LogP contribution in [0.3, 0.4) is 0 Å². The van der Waals surface area contributed by atoms with Crippen molar-refractivity contribution in [1.82, 2.24) is 4.90 Å². The highest BCUT2D eigenvalue weighted by Crippen LogP contribution is 2.47. The van der Waals surface area contributed by atoms with Crippen LogP contribution in [0, 0.1) is 0 Å². The summed E-state index contributed by atoms with van der Waals surface area (Å²) in [5.41, 5.74) is 4.36. The first-order valence-electron chi connectivity index (χ1n) is 11.0. The topological polar surface area (TPSA) is 74.3 Å². The van der Waals surface area contributed by atoms with E-state index < -0.39 is 10.1 Å². The summed E-state index contributed by atoms with van der Waals surface area (Å²) >= 11 is 5.92. The van der Waals surface area contributed by atoms with Gasteiger partial charge in [0.25, 0.3) is 0 Å². The lowest BCUT2D eigenvalue weighted by Gasteiger charge is -2.42. The van der Waals surface area contributed by atoms with Gasteiger partial charge in [-0.25, -0.2) is 0 Å². The van der Waals surface area contributed by atoms with Crippen molar-refractivity contribution in [2.24, 2.45) is 0 Å². The Hall–Kier alpha value is -2.94. The standard InChI is InChI=1S/C25H22ClNO6S/c1-30-22-7-2-15-10-21-19-12-24-23(31-14-32-24)11-16(19)8-9-27(21)13-20(15)25(22)33-34(28,29)18-5-3-17(26)4-6-18/h2-7,11-12,21H,8-10,13-14H2,1H3. The average Bonchev–Trinajstić information content (AvgIpc) is 3.29. The number of hydrogen-bond acceptors (Lipinski definition) is 7. The molecule has 0 aromatic heterocycles. The van der Waals surface area contributed by atoms with E-state index in [2.05, 4.69) is 17.0 Å². The lowest BCUT2D eigenvalue weighted by Crippen LogP contribution is -2.39. The monoisotopic (exact) mass is 499 g/mol. The van der Waals surface area contributed by atoms with Gasteiger partial charge in [-0.2, -0.15) is 8.42 Å². The Balaban J connectivity index is 1.38. The Morgan fingerprint density at radius 2 is 1.79 bits per heavy atom. The first-order valence-corrected chi connectivity index (χ1v) is 12.8. The smallest absolute Gasteiger partial charge is 0.339 e. The summed E-state index contributed by atoms with van der Waals surface area (Å²) in [6, 6.07) is 14.0. The number of hydrogen-bond donors (Lipinski definition) is 0. The van der Waals surface area contributed by atoms with Gasteiger partial charge in [0.1, 0.15) is 4.90 Å². The zero-order valence-electron chi connectivity index (χ0n) is 18.4. The molecule has 1 unspecified atom stereocenters. The summed E-state index contributed by atoms with van der Waals surface area (Å²) in [5, 5.41) is 0.452. The molecule has 0 amide bonds. The van der Waals surface area contributed by atoms with E-state index in [1.807, 2.05) is 6.07 Å². The van der Waals surface area contributed by atoms with E-state index in [1.54, 1.807) is 6.07 Å².